The quantitative estimate of drug-likeness (QED) is 0.811. The molecule has 0 bridgehead atoms. The van der Waals surface area contributed by atoms with Crippen molar-refractivity contribution >= 4 is 11.6 Å². The molecule has 0 saturated carbocycles. The Morgan fingerprint density at radius 1 is 1.41 bits per heavy atom. The van der Waals surface area contributed by atoms with Gasteiger partial charge in [0, 0.05) is 17.3 Å². The third kappa shape index (κ3) is 2.52. The molecule has 0 aliphatic rings. The van der Waals surface area contributed by atoms with Crippen LogP contribution < -0.4 is 5.56 Å². The van der Waals surface area contributed by atoms with Gasteiger partial charge in [0.1, 0.15) is 0 Å². The van der Waals surface area contributed by atoms with Crippen molar-refractivity contribution in [3.05, 3.63) is 63.0 Å². The predicted molar refractivity (Wildman–Crippen MR) is 63.8 cm³/mol. The van der Waals surface area contributed by atoms with Crippen molar-refractivity contribution in [2.45, 2.75) is 6.54 Å². The molecule has 1 aromatic carbocycles. The van der Waals surface area contributed by atoms with Crippen LogP contribution in [-0.2, 0) is 6.54 Å². The molecule has 0 spiro atoms. The van der Waals surface area contributed by atoms with Gasteiger partial charge < -0.3 is 0 Å². The molecule has 0 radical (unpaired) electrons. The predicted octanol–water partition coefficient (Wildman–Crippen LogP) is 1.82. The Hall–Kier alpha value is -2.12. The molecule has 2 aromatic rings. The van der Waals surface area contributed by atoms with Crippen LogP contribution in [0.15, 0.2) is 41.3 Å². The number of hydrogen-bond donors (Lipinski definition) is 0. The van der Waals surface area contributed by atoms with E-state index in [9.17, 15) is 4.79 Å². The summed E-state index contributed by atoms with van der Waals surface area (Å²) in [6.45, 7) is 0.264. The minimum absolute atomic E-state index is 0.202. The van der Waals surface area contributed by atoms with Crippen LogP contribution in [-0.4, -0.2) is 9.78 Å². The summed E-state index contributed by atoms with van der Waals surface area (Å²) in [5.41, 5.74) is 0.971. The summed E-state index contributed by atoms with van der Waals surface area (Å²) in [6.07, 6.45) is 1.53. The molecule has 17 heavy (non-hydrogen) atoms. The summed E-state index contributed by atoms with van der Waals surface area (Å²) >= 11 is 5.79. The van der Waals surface area contributed by atoms with E-state index in [0.717, 1.165) is 5.56 Å². The minimum Gasteiger partial charge on any atom is -0.268 e. The van der Waals surface area contributed by atoms with Crippen molar-refractivity contribution in [1.82, 2.24) is 9.78 Å². The van der Waals surface area contributed by atoms with Crippen LogP contribution in [0.5, 0.6) is 0 Å². The highest BCUT2D eigenvalue weighted by Gasteiger charge is 2.05. The lowest BCUT2D eigenvalue weighted by Crippen LogP contribution is -2.22. The molecule has 0 aliphatic heterocycles. The SMILES string of the molecule is N#Cc1cc(Cl)ccc1Cn1ncccc1=O. The number of hydrogen-bond acceptors (Lipinski definition) is 3. The molecular formula is C12H8ClN3O. The van der Waals surface area contributed by atoms with Gasteiger partial charge in [0.15, 0.2) is 0 Å². The first-order valence-corrected chi connectivity index (χ1v) is 5.29. The van der Waals surface area contributed by atoms with Crippen LogP contribution in [0, 0.1) is 11.3 Å². The average molecular weight is 246 g/mol. The van der Waals surface area contributed by atoms with Gasteiger partial charge >= 0.3 is 0 Å². The number of aromatic nitrogens is 2. The number of benzene rings is 1. The number of rotatable bonds is 2. The van der Waals surface area contributed by atoms with E-state index in [4.69, 9.17) is 16.9 Å². The first-order chi connectivity index (χ1) is 8.20. The largest absolute Gasteiger partial charge is 0.268 e. The Morgan fingerprint density at radius 3 is 2.94 bits per heavy atom. The van der Waals surface area contributed by atoms with Gasteiger partial charge in [0.05, 0.1) is 18.2 Å². The van der Waals surface area contributed by atoms with E-state index >= 15 is 0 Å². The molecule has 0 saturated heterocycles. The highest BCUT2D eigenvalue weighted by atomic mass is 35.5. The zero-order chi connectivity index (χ0) is 12.3. The third-order valence-electron chi connectivity index (χ3n) is 2.30. The van der Waals surface area contributed by atoms with Gasteiger partial charge in [-0.1, -0.05) is 17.7 Å². The normalized spacial score (nSPS) is 9.88. The molecule has 84 valence electrons. The van der Waals surface area contributed by atoms with Crippen molar-refractivity contribution < 1.29 is 0 Å². The molecule has 5 heteroatoms. The summed E-state index contributed by atoms with van der Waals surface area (Å²) in [5, 5.41) is 13.4. The van der Waals surface area contributed by atoms with Crippen LogP contribution in [0.25, 0.3) is 0 Å². The van der Waals surface area contributed by atoms with Crippen molar-refractivity contribution in [3.8, 4) is 6.07 Å². The van der Waals surface area contributed by atoms with E-state index in [2.05, 4.69) is 5.10 Å². The monoisotopic (exact) mass is 245 g/mol. The molecule has 0 fully saturated rings. The second kappa shape index (κ2) is 4.81. The maximum Gasteiger partial charge on any atom is 0.267 e. The number of nitriles is 1. The summed E-state index contributed by atoms with van der Waals surface area (Å²) in [6, 6.07) is 10.0. The van der Waals surface area contributed by atoms with E-state index < -0.39 is 0 Å². The second-order valence-electron chi connectivity index (χ2n) is 3.43. The first-order valence-electron chi connectivity index (χ1n) is 4.91. The fourth-order valence-corrected chi connectivity index (χ4v) is 1.63. The van der Waals surface area contributed by atoms with E-state index in [1.165, 1.54) is 16.9 Å². The number of halogens is 1. The molecular weight excluding hydrogens is 238 g/mol. The number of nitrogens with zero attached hydrogens (tertiary/aromatic N) is 3. The van der Waals surface area contributed by atoms with Gasteiger partial charge in [0.25, 0.3) is 5.56 Å². The fourth-order valence-electron chi connectivity index (χ4n) is 1.46. The molecule has 1 aromatic heterocycles. The summed E-state index contributed by atoms with van der Waals surface area (Å²) in [7, 11) is 0. The van der Waals surface area contributed by atoms with E-state index in [-0.39, 0.29) is 12.1 Å². The van der Waals surface area contributed by atoms with Gasteiger partial charge in [0.2, 0.25) is 0 Å². The second-order valence-corrected chi connectivity index (χ2v) is 3.87. The van der Waals surface area contributed by atoms with Gasteiger partial charge in [-0.2, -0.15) is 10.4 Å². The van der Waals surface area contributed by atoms with Crippen molar-refractivity contribution in [3.63, 3.8) is 0 Å². The maximum absolute atomic E-state index is 11.5. The Balaban J connectivity index is 2.41. The van der Waals surface area contributed by atoms with Crippen LogP contribution in [0.4, 0.5) is 0 Å². The highest BCUT2D eigenvalue weighted by molar-refractivity contribution is 6.30. The van der Waals surface area contributed by atoms with Crippen molar-refractivity contribution in [2.75, 3.05) is 0 Å². The topological polar surface area (TPSA) is 58.7 Å². The Kier molecular flexibility index (Phi) is 3.22. The van der Waals surface area contributed by atoms with Crippen LogP contribution in [0.3, 0.4) is 0 Å². The molecule has 0 atom stereocenters. The molecule has 0 amide bonds. The van der Waals surface area contributed by atoms with Gasteiger partial charge in [-0.3, -0.25) is 4.79 Å². The smallest absolute Gasteiger partial charge is 0.267 e. The standard InChI is InChI=1S/C12H8ClN3O/c13-11-4-3-9(10(6-11)7-14)8-16-12(17)2-1-5-15-16/h1-6H,8H2. The third-order valence-corrected chi connectivity index (χ3v) is 2.53. The zero-order valence-electron chi connectivity index (χ0n) is 8.80. The van der Waals surface area contributed by atoms with Gasteiger partial charge in [-0.15, -0.1) is 0 Å². The van der Waals surface area contributed by atoms with Crippen LogP contribution in [0.2, 0.25) is 5.02 Å². The molecule has 1 heterocycles. The van der Waals surface area contributed by atoms with Gasteiger partial charge in [-0.05, 0) is 23.8 Å². The summed E-state index contributed by atoms with van der Waals surface area (Å²) in [5.74, 6) is 0. The van der Waals surface area contributed by atoms with Crippen LogP contribution in [0.1, 0.15) is 11.1 Å². The lowest BCUT2D eigenvalue weighted by atomic mass is 10.1. The zero-order valence-corrected chi connectivity index (χ0v) is 9.55. The molecule has 2 rings (SSSR count). The van der Waals surface area contributed by atoms with E-state index in [1.807, 2.05) is 6.07 Å². The van der Waals surface area contributed by atoms with E-state index in [0.29, 0.717) is 10.6 Å². The van der Waals surface area contributed by atoms with E-state index in [1.54, 1.807) is 24.3 Å². The van der Waals surface area contributed by atoms with Crippen LogP contribution >= 0.6 is 11.6 Å². The average Bonchev–Trinajstić information content (AvgIpc) is 2.34. The fraction of sp³-hybridized carbons (Fsp3) is 0.0833. The Morgan fingerprint density at radius 2 is 2.24 bits per heavy atom. The highest BCUT2D eigenvalue weighted by Crippen LogP contribution is 2.15. The Bertz CT molecular complexity index is 643. The minimum atomic E-state index is -0.202. The Labute approximate surface area is 103 Å². The van der Waals surface area contributed by atoms with Gasteiger partial charge in [-0.25, -0.2) is 4.68 Å². The molecule has 0 unspecified atom stereocenters. The first kappa shape index (κ1) is 11.4. The molecule has 0 N–H and O–H groups in total. The van der Waals surface area contributed by atoms with Crippen molar-refractivity contribution in [2.24, 2.45) is 0 Å². The summed E-state index contributed by atoms with van der Waals surface area (Å²) in [4.78, 5) is 11.5. The summed E-state index contributed by atoms with van der Waals surface area (Å²) < 4.78 is 1.30. The molecule has 4 nitrogen and oxygen atoms in total. The van der Waals surface area contributed by atoms with Crippen molar-refractivity contribution in [1.29, 1.82) is 5.26 Å². The maximum atomic E-state index is 11.5. The lowest BCUT2D eigenvalue weighted by molar-refractivity contribution is 0.638. The molecule has 0 aliphatic carbocycles. The lowest BCUT2D eigenvalue weighted by Gasteiger charge is -2.05.